The van der Waals surface area contributed by atoms with E-state index in [2.05, 4.69) is 25.7 Å². The molecule has 2 rings (SSSR count). The van der Waals surface area contributed by atoms with E-state index in [1.807, 2.05) is 0 Å². The molecule has 0 nitrogen and oxygen atoms in total. The van der Waals surface area contributed by atoms with Crippen LogP contribution in [-0.4, -0.2) is 0 Å². The quantitative estimate of drug-likeness (QED) is 0.484. The molecule has 2 bridgehead atoms. The van der Waals surface area contributed by atoms with E-state index in [0.717, 1.165) is 17.8 Å². The van der Waals surface area contributed by atoms with Gasteiger partial charge in [0.25, 0.3) is 0 Å². The molecule has 0 aromatic rings. The molecule has 0 aromatic carbocycles. The summed E-state index contributed by atoms with van der Waals surface area (Å²) in [4.78, 5) is 0. The first-order valence-electron chi connectivity index (χ1n) is 4.12. The zero-order chi connectivity index (χ0) is 7.14. The Balaban J connectivity index is 2.21. The highest BCUT2D eigenvalue weighted by Gasteiger charge is 2.36. The van der Waals surface area contributed by atoms with Gasteiger partial charge in [0.05, 0.1) is 0 Å². The highest BCUT2D eigenvalue weighted by Crippen LogP contribution is 2.47. The Labute approximate surface area is 62.6 Å². The fraction of sp³-hybridized carbons (Fsp3) is 0.600. The lowest BCUT2D eigenvalue weighted by molar-refractivity contribution is 0.542. The van der Waals surface area contributed by atoms with Gasteiger partial charge in [0.1, 0.15) is 0 Å². The van der Waals surface area contributed by atoms with Crippen LogP contribution in [-0.2, 0) is 0 Å². The molecule has 3 atom stereocenters. The summed E-state index contributed by atoms with van der Waals surface area (Å²) in [6.07, 6.45) is 7.35. The molecule has 10 heavy (non-hydrogen) atoms. The van der Waals surface area contributed by atoms with Crippen LogP contribution in [0.1, 0.15) is 19.8 Å². The molecule has 0 heteroatoms. The largest absolute Gasteiger partial charge is 0.103 e. The molecule has 1 fully saturated rings. The second-order valence-corrected chi connectivity index (χ2v) is 3.64. The first kappa shape index (κ1) is 6.21. The summed E-state index contributed by atoms with van der Waals surface area (Å²) in [7, 11) is 0. The van der Waals surface area contributed by atoms with Gasteiger partial charge in [-0.15, -0.1) is 6.58 Å². The molecule has 54 valence electrons. The number of hydrogen-bond donors (Lipinski definition) is 0. The normalized spacial score (nSPS) is 43.7. The van der Waals surface area contributed by atoms with Crippen LogP contribution in [0.5, 0.6) is 0 Å². The molecule has 2 aliphatic carbocycles. The van der Waals surface area contributed by atoms with Crippen molar-refractivity contribution < 1.29 is 0 Å². The molecule has 1 saturated carbocycles. The van der Waals surface area contributed by atoms with Gasteiger partial charge < -0.3 is 0 Å². The minimum atomic E-state index is 0.800. The lowest BCUT2D eigenvalue weighted by Crippen LogP contribution is -2.04. The van der Waals surface area contributed by atoms with Crippen molar-refractivity contribution in [2.45, 2.75) is 19.8 Å². The van der Waals surface area contributed by atoms with Gasteiger partial charge in [-0.05, 0) is 37.5 Å². The van der Waals surface area contributed by atoms with Crippen molar-refractivity contribution in [2.24, 2.45) is 17.8 Å². The Kier molecular flexibility index (Phi) is 1.23. The molecule has 0 spiro atoms. The van der Waals surface area contributed by atoms with Crippen LogP contribution in [0.4, 0.5) is 0 Å². The number of allylic oxidation sites excluding steroid dienone is 3. The standard InChI is InChI=1S/C10H14/c1-3-8-5-9-6-10(8)4-7(9)2/h3-4,8-10H,1,5-6H2,2H3. The molecular formula is C10H14. The molecule has 3 unspecified atom stereocenters. The summed E-state index contributed by atoms with van der Waals surface area (Å²) in [5.74, 6) is 2.56. The van der Waals surface area contributed by atoms with Crippen LogP contribution in [0.3, 0.4) is 0 Å². The van der Waals surface area contributed by atoms with E-state index in [4.69, 9.17) is 0 Å². The van der Waals surface area contributed by atoms with Gasteiger partial charge >= 0.3 is 0 Å². The smallest absolute Gasteiger partial charge is 0.0162 e. The lowest BCUT2D eigenvalue weighted by atomic mass is 9.91. The van der Waals surface area contributed by atoms with E-state index < -0.39 is 0 Å². The summed E-state index contributed by atoms with van der Waals surface area (Å²) in [5.41, 5.74) is 1.63. The maximum absolute atomic E-state index is 3.86. The van der Waals surface area contributed by atoms with E-state index in [-0.39, 0.29) is 0 Å². The summed E-state index contributed by atoms with van der Waals surface area (Å²) >= 11 is 0. The van der Waals surface area contributed by atoms with Gasteiger partial charge in [-0.1, -0.05) is 17.7 Å². The summed E-state index contributed by atoms with van der Waals surface area (Å²) in [5, 5.41) is 0. The van der Waals surface area contributed by atoms with Crippen LogP contribution in [0.25, 0.3) is 0 Å². The van der Waals surface area contributed by atoms with Crippen LogP contribution in [0.2, 0.25) is 0 Å². The van der Waals surface area contributed by atoms with Crippen LogP contribution >= 0.6 is 0 Å². The minimum absolute atomic E-state index is 0.800. The Morgan fingerprint density at radius 2 is 2.40 bits per heavy atom. The molecule has 0 heterocycles. The van der Waals surface area contributed by atoms with Crippen molar-refractivity contribution in [1.82, 2.24) is 0 Å². The van der Waals surface area contributed by atoms with E-state index in [1.165, 1.54) is 12.8 Å². The topological polar surface area (TPSA) is 0 Å². The zero-order valence-corrected chi connectivity index (χ0v) is 6.51. The predicted octanol–water partition coefficient (Wildman–Crippen LogP) is 2.77. The summed E-state index contributed by atoms with van der Waals surface area (Å²) < 4.78 is 0. The second kappa shape index (κ2) is 1.98. The third-order valence-corrected chi connectivity index (χ3v) is 3.09. The maximum Gasteiger partial charge on any atom is -0.0162 e. The first-order chi connectivity index (χ1) is 4.81. The molecule has 0 amide bonds. The van der Waals surface area contributed by atoms with E-state index >= 15 is 0 Å². The fourth-order valence-corrected chi connectivity index (χ4v) is 2.41. The maximum atomic E-state index is 3.86. The van der Waals surface area contributed by atoms with Crippen LogP contribution < -0.4 is 0 Å². The summed E-state index contributed by atoms with van der Waals surface area (Å²) in [6, 6.07) is 0. The Bertz CT molecular complexity index is 188. The molecule has 0 aromatic heterocycles. The summed E-state index contributed by atoms with van der Waals surface area (Å²) in [6.45, 7) is 6.13. The van der Waals surface area contributed by atoms with E-state index in [1.54, 1.807) is 5.57 Å². The highest BCUT2D eigenvalue weighted by atomic mass is 14.4. The highest BCUT2D eigenvalue weighted by molar-refractivity contribution is 5.21. The van der Waals surface area contributed by atoms with Crippen molar-refractivity contribution in [3.63, 3.8) is 0 Å². The van der Waals surface area contributed by atoms with Crippen molar-refractivity contribution in [2.75, 3.05) is 0 Å². The third-order valence-electron chi connectivity index (χ3n) is 3.09. The Hall–Kier alpha value is -0.520. The second-order valence-electron chi connectivity index (χ2n) is 3.64. The van der Waals surface area contributed by atoms with Gasteiger partial charge in [-0.3, -0.25) is 0 Å². The van der Waals surface area contributed by atoms with E-state index in [9.17, 15) is 0 Å². The lowest BCUT2D eigenvalue weighted by Gasteiger charge is -2.15. The van der Waals surface area contributed by atoms with Gasteiger partial charge in [-0.2, -0.15) is 0 Å². The van der Waals surface area contributed by atoms with Crippen molar-refractivity contribution in [3.05, 3.63) is 24.3 Å². The SMILES string of the molecule is C=CC1CC2CC1C=C2C. The zero-order valence-electron chi connectivity index (χ0n) is 6.51. The van der Waals surface area contributed by atoms with Crippen LogP contribution in [0, 0.1) is 17.8 Å². The third kappa shape index (κ3) is 0.681. The fourth-order valence-electron chi connectivity index (χ4n) is 2.41. The molecule has 2 aliphatic rings. The van der Waals surface area contributed by atoms with Gasteiger partial charge in [0.15, 0.2) is 0 Å². The van der Waals surface area contributed by atoms with Gasteiger partial charge in [-0.25, -0.2) is 0 Å². The molecule has 0 N–H and O–H groups in total. The first-order valence-corrected chi connectivity index (χ1v) is 4.12. The van der Waals surface area contributed by atoms with Gasteiger partial charge in [0.2, 0.25) is 0 Å². The van der Waals surface area contributed by atoms with Crippen molar-refractivity contribution in [3.8, 4) is 0 Å². The average molecular weight is 134 g/mol. The van der Waals surface area contributed by atoms with E-state index in [0.29, 0.717) is 0 Å². The Morgan fingerprint density at radius 1 is 1.60 bits per heavy atom. The Morgan fingerprint density at radius 3 is 2.80 bits per heavy atom. The van der Waals surface area contributed by atoms with Crippen molar-refractivity contribution >= 4 is 0 Å². The molecular weight excluding hydrogens is 120 g/mol. The van der Waals surface area contributed by atoms with Crippen LogP contribution in [0.15, 0.2) is 24.3 Å². The molecule has 0 radical (unpaired) electrons. The molecule has 0 saturated heterocycles. The van der Waals surface area contributed by atoms with Crippen molar-refractivity contribution in [1.29, 1.82) is 0 Å². The number of hydrogen-bond acceptors (Lipinski definition) is 0. The number of rotatable bonds is 1. The predicted molar refractivity (Wildman–Crippen MR) is 43.7 cm³/mol. The van der Waals surface area contributed by atoms with Gasteiger partial charge in [0, 0.05) is 0 Å². The average Bonchev–Trinajstić information content (AvgIpc) is 2.44. The number of fused-ring (bicyclic) bond motifs is 2. The monoisotopic (exact) mass is 134 g/mol. The minimum Gasteiger partial charge on any atom is -0.103 e. The molecule has 0 aliphatic heterocycles.